The molecule has 2 heterocycles. The fourth-order valence-corrected chi connectivity index (χ4v) is 5.14. The maximum atomic E-state index is 13.3. The number of carbonyl (C=O) groups excluding carboxylic acids is 2. The van der Waals surface area contributed by atoms with E-state index in [-0.39, 0.29) is 24.2 Å². The minimum atomic E-state index is -0.545. The lowest BCUT2D eigenvalue weighted by atomic mass is 9.98. The average Bonchev–Trinajstić information content (AvgIpc) is 3.36. The maximum Gasteiger partial charge on any atom is 0.413 e. The van der Waals surface area contributed by atoms with Crippen molar-refractivity contribution in [3.05, 3.63) is 70.4 Å². The number of halogens is 1. The molecule has 7 nitrogen and oxygen atoms in total. The Balaban J connectivity index is 1.37. The number of para-hydroxylation sites is 1. The molecule has 0 saturated carbocycles. The summed E-state index contributed by atoms with van der Waals surface area (Å²) in [5.41, 5.74) is 2.61. The molecule has 3 aromatic rings. The first-order chi connectivity index (χ1) is 16.9. The summed E-state index contributed by atoms with van der Waals surface area (Å²) in [6.07, 6.45) is 1.08. The van der Waals surface area contributed by atoms with Crippen molar-refractivity contribution >= 4 is 46.4 Å². The topological polar surface area (TPSA) is 83.6 Å². The highest BCUT2D eigenvalue weighted by Gasteiger charge is 2.26. The molecule has 35 heavy (non-hydrogen) atoms. The zero-order chi connectivity index (χ0) is 24.8. The third kappa shape index (κ3) is 6.20. The van der Waals surface area contributed by atoms with E-state index in [4.69, 9.17) is 17.0 Å². The van der Waals surface area contributed by atoms with E-state index in [0.29, 0.717) is 29.6 Å². The summed E-state index contributed by atoms with van der Waals surface area (Å²) in [6, 6.07) is 13.6. The number of likely N-dealkylation sites (tertiary alicyclic amines) is 1. The number of rotatable bonds is 5. The highest BCUT2D eigenvalue weighted by atomic mass is 32.1. The Bertz CT molecular complexity index is 1210. The summed E-state index contributed by atoms with van der Waals surface area (Å²) >= 11 is 6.77. The zero-order valence-electron chi connectivity index (χ0n) is 19.1. The SMILES string of the molecule is CCOC(=O)NC(=S)N1CCC(c2nc(C(=O)Nc3ccccc3-c3ccc(F)cc3)cs2)CC1. The van der Waals surface area contributed by atoms with Crippen molar-refractivity contribution in [2.24, 2.45) is 0 Å². The van der Waals surface area contributed by atoms with Gasteiger partial charge in [-0.15, -0.1) is 11.3 Å². The summed E-state index contributed by atoms with van der Waals surface area (Å²) < 4.78 is 18.2. The van der Waals surface area contributed by atoms with Gasteiger partial charge in [-0.05, 0) is 55.7 Å². The number of aromatic nitrogens is 1. The van der Waals surface area contributed by atoms with E-state index in [0.717, 1.165) is 29.0 Å². The lowest BCUT2D eigenvalue weighted by Gasteiger charge is -2.32. The predicted molar refractivity (Wildman–Crippen MR) is 138 cm³/mol. The van der Waals surface area contributed by atoms with E-state index in [2.05, 4.69) is 15.6 Å². The third-order valence-electron chi connectivity index (χ3n) is 5.70. The van der Waals surface area contributed by atoms with Crippen molar-refractivity contribution in [2.75, 3.05) is 25.0 Å². The van der Waals surface area contributed by atoms with Gasteiger partial charge >= 0.3 is 6.09 Å². The molecule has 2 N–H and O–H groups in total. The van der Waals surface area contributed by atoms with E-state index in [1.54, 1.807) is 24.4 Å². The van der Waals surface area contributed by atoms with Crippen LogP contribution >= 0.6 is 23.6 Å². The van der Waals surface area contributed by atoms with Crippen LogP contribution in [0, 0.1) is 5.82 Å². The number of hydrogen-bond donors (Lipinski definition) is 2. The molecule has 1 saturated heterocycles. The van der Waals surface area contributed by atoms with Crippen LogP contribution in [0.15, 0.2) is 53.9 Å². The van der Waals surface area contributed by atoms with Crippen LogP contribution in [-0.4, -0.2) is 46.7 Å². The smallest absolute Gasteiger partial charge is 0.413 e. The number of carbonyl (C=O) groups is 2. The normalized spacial score (nSPS) is 13.8. The second-order valence-corrected chi connectivity index (χ2v) is 9.27. The van der Waals surface area contributed by atoms with Crippen LogP contribution in [-0.2, 0) is 4.74 Å². The van der Waals surface area contributed by atoms with Crippen molar-refractivity contribution < 1.29 is 18.7 Å². The van der Waals surface area contributed by atoms with E-state index in [9.17, 15) is 14.0 Å². The number of benzene rings is 2. The molecule has 182 valence electrons. The molecule has 1 aliphatic rings. The van der Waals surface area contributed by atoms with Crippen molar-refractivity contribution in [1.29, 1.82) is 0 Å². The van der Waals surface area contributed by atoms with E-state index >= 15 is 0 Å². The molecule has 4 rings (SSSR count). The molecule has 2 amide bonds. The Labute approximate surface area is 212 Å². The summed E-state index contributed by atoms with van der Waals surface area (Å²) in [7, 11) is 0. The fraction of sp³-hybridized carbons (Fsp3) is 0.280. The number of piperidine rings is 1. The zero-order valence-corrected chi connectivity index (χ0v) is 20.8. The van der Waals surface area contributed by atoms with Crippen molar-refractivity contribution in [1.82, 2.24) is 15.2 Å². The molecule has 0 unspecified atom stereocenters. The number of thiazole rings is 1. The summed E-state index contributed by atoms with van der Waals surface area (Å²) in [5, 5.41) is 8.56. The van der Waals surface area contributed by atoms with Gasteiger partial charge in [-0.3, -0.25) is 10.1 Å². The van der Waals surface area contributed by atoms with Gasteiger partial charge in [-0.2, -0.15) is 0 Å². The average molecular weight is 513 g/mol. The lowest BCUT2D eigenvalue weighted by molar-refractivity contribution is 0.102. The van der Waals surface area contributed by atoms with Gasteiger partial charge in [-0.1, -0.05) is 30.3 Å². The Morgan fingerprint density at radius 2 is 1.89 bits per heavy atom. The Hall–Kier alpha value is -3.37. The summed E-state index contributed by atoms with van der Waals surface area (Å²) in [6.45, 7) is 3.39. The Kier molecular flexibility index (Phi) is 8.04. The molecule has 1 aliphatic heterocycles. The molecule has 0 radical (unpaired) electrons. The highest BCUT2D eigenvalue weighted by molar-refractivity contribution is 7.80. The predicted octanol–water partition coefficient (Wildman–Crippen LogP) is 5.41. The second-order valence-electron chi connectivity index (χ2n) is 7.99. The molecule has 10 heteroatoms. The number of thiocarbonyl (C=S) groups is 1. The van der Waals surface area contributed by atoms with Crippen LogP contribution in [0.5, 0.6) is 0 Å². The van der Waals surface area contributed by atoms with Crippen LogP contribution in [0.3, 0.4) is 0 Å². The van der Waals surface area contributed by atoms with Gasteiger partial charge in [0.2, 0.25) is 0 Å². The van der Waals surface area contributed by atoms with Crippen LogP contribution in [0.25, 0.3) is 11.1 Å². The molecule has 0 spiro atoms. The first-order valence-corrected chi connectivity index (χ1v) is 12.6. The minimum Gasteiger partial charge on any atom is -0.450 e. The number of nitrogens with zero attached hydrogens (tertiary/aromatic N) is 2. The van der Waals surface area contributed by atoms with Gasteiger partial charge in [-0.25, -0.2) is 14.2 Å². The van der Waals surface area contributed by atoms with Gasteiger partial charge in [0.05, 0.1) is 11.6 Å². The van der Waals surface area contributed by atoms with E-state index in [1.807, 2.05) is 29.2 Å². The van der Waals surface area contributed by atoms with Crippen LogP contribution in [0.2, 0.25) is 0 Å². The summed E-state index contributed by atoms with van der Waals surface area (Å²) in [4.78, 5) is 31.1. The largest absolute Gasteiger partial charge is 0.450 e. The molecule has 2 aromatic carbocycles. The number of alkyl carbamates (subject to hydrolysis) is 1. The van der Waals surface area contributed by atoms with Crippen molar-refractivity contribution in [3.8, 4) is 11.1 Å². The molecule has 0 bridgehead atoms. The molecular formula is C25H25FN4O3S2. The number of hydrogen-bond acceptors (Lipinski definition) is 6. The lowest BCUT2D eigenvalue weighted by Crippen LogP contribution is -2.46. The molecule has 0 aliphatic carbocycles. The highest BCUT2D eigenvalue weighted by Crippen LogP contribution is 2.32. The third-order valence-corrected chi connectivity index (χ3v) is 7.07. The van der Waals surface area contributed by atoms with Crippen LogP contribution in [0.4, 0.5) is 14.9 Å². The first kappa shape index (κ1) is 24.7. The number of ether oxygens (including phenoxy) is 1. The Morgan fingerprint density at radius 3 is 2.60 bits per heavy atom. The fourth-order valence-electron chi connectivity index (χ4n) is 3.90. The van der Waals surface area contributed by atoms with Crippen molar-refractivity contribution in [2.45, 2.75) is 25.7 Å². The van der Waals surface area contributed by atoms with Crippen LogP contribution < -0.4 is 10.6 Å². The molecule has 1 fully saturated rings. The summed E-state index contributed by atoms with van der Waals surface area (Å²) in [5.74, 6) is -0.387. The molecule has 1 aromatic heterocycles. The quantitative estimate of drug-likeness (QED) is 0.445. The van der Waals surface area contributed by atoms with Crippen molar-refractivity contribution in [3.63, 3.8) is 0 Å². The van der Waals surface area contributed by atoms with E-state index < -0.39 is 6.09 Å². The second kappa shape index (κ2) is 11.4. The van der Waals surface area contributed by atoms with Crippen LogP contribution in [0.1, 0.15) is 41.2 Å². The van der Waals surface area contributed by atoms with Gasteiger partial charge in [0.1, 0.15) is 11.5 Å². The monoisotopic (exact) mass is 512 g/mol. The number of anilines is 1. The Morgan fingerprint density at radius 1 is 1.17 bits per heavy atom. The molecule has 0 atom stereocenters. The van der Waals surface area contributed by atoms with E-state index in [1.165, 1.54) is 23.5 Å². The van der Waals surface area contributed by atoms with Gasteiger partial charge < -0.3 is 15.0 Å². The first-order valence-electron chi connectivity index (χ1n) is 11.3. The van der Waals surface area contributed by atoms with Gasteiger partial charge in [0, 0.05) is 35.6 Å². The number of amides is 2. The number of nitrogens with one attached hydrogen (secondary N) is 2. The standard InChI is InChI=1S/C25H25FN4O3S2/c1-2-33-25(32)29-24(34)30-13-11-17(12-14-30)23-28-21(15-35-23)22(31)27-20-6-4-3-5-19(20)16-7-9-18(26)10-8-16/h3-10,15,17H,2,11-14H2,1H3,(H,27,31)(H,29,32,34). The molecular weight excluding hydrogens is 487 g/mol. The minimum absolute atomic E-state index is 0.217. The van der Waals surface area contributed by atoms with Gasteiger partial charge in [0.25, 0.3) is 5.91 Å². The van der Waals surface area contributed by atoms with Gasteiger partial charge in [0.15, 0.2) is 5.11 Å². The maximum absolute atomic E-state index is 13.3.